The molecule has 0 radical (unpaired) electrons. The number of carbonyl (C=O) groups excluding carboxylic acids is 1. The molecule has 23 heavy (non-hydrogen) atoms. The van der Waals surface area contributed by atoms with Crippen LogP contribution in [0.15, 0.2) is 48.5 Å². The molecule has 1 unspecified atom stereocenters. The number of aryl methyl sites for hydroxylation is 1. The van der Waals surface area contributed by atoms with E-state index in [0.717, 1.165) is 24.8 Å². The van der Waals surface area contributed by atoms with E-state index in [1.165, 1.54) is 28.8 Å². The topological polar surface area (TPSA) is 44.9 Å². The monoisotopic (exact) mass is 308 g/mol. The van der Waals surface area contributed by atoms with E-state index < -0.39 is 5.82 Å². The minimum Gasteiger partial charge on any atom is -0.358 e. The van der Waals surface area contributed by atoms with Gasteiger partial charge in [-0.25, -0.2) is 4.39 Å². The number of carbonyl (C=O) groups is 1. The van der Waals surface area contributed by atoms with Crippen LogP contribution in [0.3, 0.4) is 0 Å². The van der Waals surface area contributed by atoms with Gasteiger partial charge in [0.2, 0.25) is 0 Å². The quantitative estimate of drug-likeness (QED) is 0.746. The lowest BCUT2D eigenvalue weighted by Gasteiger charge is -2.23. The summed E-state index contributed by atoms with van der Waals surface area (Å²) in [5.41, 5.74) is 3.77. The minimum atomic E-state index is -0.478. The van der Waals surface area contributed by atoms with Crippen LogP contribution in [0.1, 0.15) is 28.0 Å². The molecule has 2 N–H and O–H groups in total. The Morgan fingerprint density at radius 1 is 1.13 bits per heavy atom. The van der Waals surface area contributed by atoms with E-state index in [4.69, 9.17) is 0 Å². The van der Waals surface area contributed by atoms with Gasteiger partial charge < -0.3 is 10.3 Å². The number of fused-ring (bicyclic) bond motifs is 3. The zero-order valence-corrected chi connectivity index (χ0v) is 12.6. The lowest BCUT2D eigenvalue weighted by Crippen LogP contribution is -2.39. The molecule has 3 nitrogen and oxygen atoms in total. The number of aromatic nitrogens is 1. The van der Waals surface area contributed by atoms with E-state index in [1.54, 1.807) is 12.1 Å². The molecule has 0 bridgehead atoms. The normalized spacial score (nSPS) is 17.0. The first kappa shape index (κ1) is 14.0. The van der Waals surface area contributed by atoms with Crippen LogP contribution in [0.5, 0.6) is 0 Å². The van der Waals surface area contributed by atoms with Gasteiger partial charge in [-0.3, -0.25) is 4.79 Å². The van der Waals surface area contributed by atoms with Gasteiger partial charge in [-0.15, -0.1) is 0 Å². The maximum atomic E-state index is 13.7. The van der Waals surface area contributed by atoms with Crippen LogP contribution >= 0.6 is 0 Å². The van der Waals surface area contributed by atoms with Gasteiger partial charge in [-0.2, -0.15) is 0 Å². The number of nitrogens with one attached hydrogen (secondary N) is 2. The third kappa shape index (κ3) is 2.50. The van der Waals surface area contributed by atoms with Crippen LogP contribution in [-0.4, -0.2) is 16.9 Å². The van der Waals surface area contributed by atoms with Crippen LogP contribution < -0.4 is 5.32 Å². The summed E-state index contributed by atoms with van der Waals surface area (Å²) < 4.78 is 13.7. The third-order valence-corrected chi connectivity index (χ3v) is 4.55. The lowest BCUT2D eigenvalue weighted by molar-refractivity contribution is 0.0929. The third-order valence-electron chi connectivity index (χ3n) is 4.55. The smallest absolute Gasteiger partial charge is 0.254 e. The van der Waals surface area contributed by atoms with Crippen molar-refractivity contribution in [3.05, 3.63) is 71.2 Å². The van der Waals surface area contributed by atoms with Crippen molar-refractivity contribution in [2.75, 3.05) is 0 Å². The molecule has 1 heterocycles. The Morgan fingerprint density at radius 3 is 2.78 bits per heavy atom. The van der Waals surface area contributed by atoms with Gasteiger partial charge in [0.15, 0.2) is 0 Å². The Hall–Kier alpha value is -2.62. The summed E-state index contributed by atoms with van der Waals surface area (Å²) in [6.07, 6.45) is 2.53. The fourth-order valence-corrected chi connectivity index (χ4v) is 3.40. The van der Waals surface area contributed by atoms with Gasteiger partial charge in [0, 0.05) is 22.6 Å². The lowest BCUT2D eigenvalue weighted by atomic mass is 9.91. The molecule has 0 spiro atoms. The second kappa shape index (κ2) is 5.54. The first-order chi connectivity index (χ1) is 11.2. The van der Waals surface area contributed by atoms with E-state index in [0.29, 0.717) is 0 Å². The number of aromatic amines is 1. The summed E-state index contributed by atoms with van der Waals surface area (Å²) in [5, 5.41) is 4.19. The first-order valence-electron chi connectivity index (χ1n) is 7.86. The van der Waals surface area contributed by atoms with Crippen molar-refractivity contribution in [1.82, 2.24) is 10.3 Å². The highest BCUT2D eigenvalue weighted by molar-refractivity contribution is 5.94. The maximum absolute atomic E-state index is 13.7. The Balaban J connectivity index is 1.56. The molecule has 4 heteroatoms. The molecule has 1 atom stereocenters. The molecular weight excluding hydrogens is 291 g/mol. The summed E-state index contributed by atoms with van der Waals surface area (Å²) in [7, 11) is 0. The summed E-state index contributed by atoms with van der Waals surface area (Å²) in [6, 6.07) is 14.3. The number of para-hydroxylation sites is 1. The molecular formula is C19H17FN2O. The van der Waals surface area contributed by atoms with Crippen LogP contribution in [0.4, 0.5) is 4.39 Å². The van der Waals surface area contributed by atoms with Crippen molar-refractivity contribution in [3.63, 3.8) is 0 Å². The van der Waals surface area contributed by atoms with Crippen molar-refractivity contribution in [3.8, 4) is 0 Å². The van der Waals surface area contributed by atoms with E-state index in [1.807, 2.05) is 12.1 Å². The van der Waals surface area contributed by atoms with Gasteiger partial charge in [0.25, 0.3) is 5.91 Å². The molecule has 0 aliphatic heterocycles. The summed E-state index contributed by atoms with van der Waals surface area (Å²) in [6.45, 7) is 0. The highest BCUT2D eigenvalue weighted by atomic mass is 19.1. The Morgan fingerprint density at radius 2 is 1.91 bits per heavy atom. The molecule has 4 rings (SSSR count). The summed E-state index contributed by atoms with van der Waals surface area (Å²) >= 11 is 0. The van der Waals surface area contributed by atoms with E-state index in [9.17, 15) is 9.18 Å². The number of hydrogen-bond acceptors (Lipinski definition) is 1. The number of H-pyrrole nitrogens is 1. The number of amides is 1. The maximum Gasteiger partial charge on any atom is 0.254 e. The SMILES string of the molecule is O=C(NC1CCc2[nH]c3ccccc3c2C1)c1ccccc1F. The number of rotatable bonds is 2. The number of hydrogen-bond donors (Lipinski definition) is 2. The van der Waals surface area contributed by atoms with Crippen molar-refractivity contribution in [1.29, 1.82) is 0 Å². The van der Waals surface area contributed by atoms with Crippen LogP contribution in [0.25, 0.3) is 10.9 Å². The number of halogens is 1. The Labute approximate surface area is 133 Å². The van der Waals surface area contributed by atoms with E-state index in [2.05, 4.69) is 22.4 Å². The van der Waals surface area contributed by atoms with E-state index in [-0.39, 0.29) is 17.5 Å². The Bertz CT molecular complexity index is 884. The molecule has 1 aliphatic carbocycles. The molecule has 1 amide bonds. The van der Waals surface area contributed by atoms with Gasteiger partial charge in [0.05, 0.1) is 5.56 Å². The molecule has 3 aromatic rings. The standard InChI is InChI=1S/C19H17FN2O/c20-16-7-3-1-6-14(16)19(23)21-12-9-10-18-15(11-12)13-5-2-4-8-17(13)22-18/h1-8,12,22H,9-11H2,(H,21,23). The molecule has 1 aliphatic rings. The molecule has 116 valence electrons. The Kier molecular flexibility index (Phi) is 3.37. The molecule has 2 aromatic carbocycles. The first-order valence-corrected chi connectivity index (χ1v) is 7.86. The zero-order valence-electron chi connectivity index (χ0n) is 12.6. The molecule has 1 aromatic heterocycles. The van der Waals surface area contributed by atoms with Gasteiger partial charge in [-0.05, 0) is 43.0 Å². The molecule has 0 saturated heterocycles. The predicted octanol–water partition coefficient (Wildman–Crippen LogP) is 3.59. The van der Waals surface area contributed by atoms with Gasteiger partial charge >= 0.3 is 0 Å². The fourth-order valence-electron chi connectivity index (χ4n) is 3.40. The van der Waals surface area contributed by atoms with Crippen molar-refractivity contribution in [2.24, 2.45) is 0 Å². The van der Waals surface area contributed by atoms with Gasteiger partial charge in [-0.1, -0.05) is 30.3 Å². The van der Waals surface area contributed by atoms with Gasteiger partial charge in [0.1, 0.15) is 5.82 Å². The number of benzene rings is 2. The highest BCUT2D eigenvalue weighted by Crippen LogP contribution is 2.29. The summed E-state index contributed by atoms with van der Waals surface area (Å²) in [5.74, 6) is -0.815. The minimum absolute atomic E-state index is 0.0359. The van der Waals surface area contributed by atoms with Crippen LogP contribution in [0, 0.1) is 5.82 Å². The largest absolute Gasteiger partial charge is 0.358 e. The van der Waals surface area contributed by atoms with Crippen molar-refractivity contribution < 1.29 is 9.18 Å². The average molecular weight is 308 g/mol. The van der Waals surface area contributed by atoms with Crippen LogP contribution in [-0.2, 0) is 12.8 Å². The fraction of sp³-hybridized carbons (Fsp3) is 0.211. The second-order valence-corrected chi connectivity index (χ2v) is 6.02. The van der Waals surface area contributed by atoms with E-state index >= 15 is 0 Å². The van der Waals surface area contributed by atoms with Crippen molar-refractivity contribution >= 4 is 16.8 Å². The predicted molar refractivity (Wildman–Crippen MR) is 88.0 cm³/mol. The highest BCUT2D eigenvalue weighted by Gasteiger charge is 2.24. The average Bonchev–Trinajstić information content (AvgIpc) is 2.93. The molecule has 0 saturated carbocycles. The van der Waals surface area contributed by atoms with Crippen molar-refractivity contribution in [2.45, 2.75) is 25.3 Å². The second-order valence-electron chi connectivity index (χ2n) is 6.02. The molecule has 0 fully saturated rings. The van der Waals surface area contributed by atoms with Crippen LogP contribution in [0.2, 0.25) is 0 Å². The zero-order chi connectivity index (χ0) is 15.8. The summed E-state index contributed by atoms with van der Waals surface area (Å²) in [4.78, 5) is 15.7.